The highest BCUT2D eigenvalue weighted by Gasteiger charge is 2.46. The third kappa shape index (κ3) is 3.00. The smallest absolute Gasteiger partial charge is 0.243 e. The zero-order valence-corrected chi connectivity index (χ0v) is 14.4. The summed E-state index contributed by atoms with van der Waals surface area (Å²) in [7, 11) is -3.83. The molecule has 1 aromatic rings. The second-order valence-corrected chi connectivity index (χ2v) is 8.52. The number of hydrogen-bond acceptors (Lipinski definition) is 3. The fourth-order valence-electron chi connectivity index (χ4n) is 3.96. The minimum absolute atomic E-state index is 0.169. The van der Waals surface area contributed by atoms with Crippen LogP contribution in [0.4, 0.5) is 8.78 Å². The molecule has 2 heterocycles. The molecule has 0 aromatic heterocycles. The lowest BCUT2D eigenvalue weighted by Crippen LogP contribution is -2.56. The first kappa shape index (κ1) is 17.5. The van der Waals surface area contributed by atoms with E-state index in [1.807, 2.05) is 6.08 Å². The van der Waals surface area contributed by atoms with Gasteiger partial charge < -0.3 is 0 Å². The molecule has 1 atom stereocenters. The predicted octanol–water partition coefficient (Wildman–Crippen LogP) is 2.77. The van der Waals surface area contributed by atoms with Crippen molar-refractivity contribution in [2.45, 2.75) is 36.1 Å². The van der Waals surface area contributed by atoms with Gasteiger partial charge in [0.2, 0.25) is 10.0 Å². The maximum atomic E-state index is 13.5. The maximum Gasteiger partial charge on any atom is 0.243 e. The van der Waals surface area contributed by atoms with Crippen molar-refractivity contribution in [1.82, 2.24) is 9.21 Å². The Morgan fingerprint density at radius 1 is 1.17 bits per heavy atom. The monoisotopic (exact) mass is 356 g/mol. The third-order valence-electron chi connectivity index (χ3n) is 5.14. The SMILES string of the molecule is C=CCN1CCCC12CCCN(S(=O)(=O)c1ccc(F)c(F)c1)C2. The highest BCUT2D eigenvalue weighted by atomic mass is 32.2. The normalized spacial score (nSPS) is 26.1. The first-order chi connectivity index (χ1) is 11.4. The van der Waals surface area contributed by atoms with Crippen LogP contribution in [-0.4, -0.2) is 49.3 Å². The molecule has 132 valence electrons. The van der Waals surface area contributed by atoms with E-state index >= 15 is 0 Å². The molecule has 0 saturated carbocycles. The molecular formula is C17H22F2N2O2S. The Morgan fingerprint density at radius 3 is 2.54 bits per heavy atom. The van der Waals surface area contributed by atoms with E-state index in [0.29, 0.717) is 13.1 Å². The zero-order chi connectivity index (χ0) is 17.4. The molecule has 1 unspecified atom stereocenters. The van der Waals surface area contributed by atoms with E-state index < -0.39 is 21.7 Å². The molecule has 1 spiro atoms. The quantitative estimate of drug-likeness (QED) is 0.779. The fourth-order valence-corrected chi connectivity index (χ4v) is 5.53. The first-order valence-corrected chi connectivity index (χ1v) is 9.64. The Kier molecular flexibility index (Phi) is 4.77. The van der Waals surface area contributed by atoms with Gasteiger partial charge in [-0.1, -0.05) is 6.08 Å². The minimum Gasteiger partial charge on any atom is -0.293 e. The van der Waals surface area contributed by atoms with E-state index in [2.05, 4.69) is 11.5 Å². The van der Waals surface area contributed by atoms with Crippen molar-refractivity contribution < 1.29 is 17.2 Å². The van der Waals surface area contributed by atoms with E-state index in [1.165, 1.54) is 4.31 Å². The Morgan fingerprint density at radius 2 is 1.88 bits per heavy atom. The summed E-state index contributed by atoms with van der Waals surface area (Å²) in [6.07, 6.45) is 5.54. The van der Waals surface area contributed by atoms with Crippen LogP contribution >= 0.6 is 0 Å². The number of hydrogen-bond donors (Lipinski definition) is 0. The first-order valence-electron chi connectivity index (χ1n) is 8.20. The molecule has 0 N–H and O–H groups in total. The van der Waals surface area contributed by atoms with Gasteiger partial charge in [0, 0.05) is 25.2 Å². The highest BCUT2D eigenvalue weighted by Crippen LogP contribution is 2.38. The van der Waals surface area contributed by atoms with Gasteiger partial charge in [0.1, 0.15) is 0 Å². The number of benzene rings is 1. The number of halogens is 2. The highest BCUT2D eigenvalue weighted by molar-refractivity contribution is 7.89. The van der Waals surface area contributed by atoms with Gasteiger partial charge in [-0.25, -0.2) is 17.2 Å². The van der Waals surface area contributed by atoms with Gasteiger partial charge in [-0.05, 0) is 50.4 Å². The van der Waals surface area contributed by atoms with E-state index in [4.69, 9.17) is 0 Å². The Hall–Kier alpha value is -1.31. The number of likely N-dealkylation sites (tertiary alicyclic amines) is 1. The van der Waals surface area contributed by atoms with E-state index in [1.54, 1.807) is 0 Å². The molecule has 0 amide bonds. The van der Waals surface area contributed by atoms with E-state index in [9.17, 15) is 17.2 Å². The summed E-state index contributed by atoms with van der Waals surface area (Å²) in [5.74, 6) is -2.19. The van der Waals surface area contributed by atoms with Crippen molar-refractivity contribution in [3.63, 3.8) is 0 Å². The van der Waals surface area contributed by atoms with Crippen molar-refractivity contribution in [3.8, 4) is 0 Å². The number of rotatable bonds is 4. The van der Waals surface area contributed by atoms with Crippen LogP contribution in [0.15, 0.2) is 35.7 Å². The van der Waals surface area contributed by atoms with Gasteiger partial charge in [-0.15, -0.1) is 6.58 Å². The number of piperidine rings is 1. The molecule has 1 aromatic carbocycles. The molecule has 2 aliphatic heterocycles. The summed E-state index contributed by atoms with van der Waals surface area (Å²) in [4.78, 5) is 2.11. The van der Waals surface area contributed by atoms with Gasteiger partial charge in [-0.2, -0.15) is 4.31 Å². The summed E-state index contributed by atoms with van der Waals surface area (Å²) in [5.41, 5.74) is -0.169. The fraction of sp³-hybridized carbons (Fsp3) is 0.529. The number of nitrogens with zero attached hydrogens (tertiary/aromatic N) is 2. The average Bonchev–Trinajstić information content (AvgIpc) is 2.92. The predicted molar refractivity (Wildman–Crippen MR) is 88.1 cm³/mol. The lowest BCUT2D eigenvalue weighted by molar-refractivity contribution is 0.0841. The molecule has 0 bridgehead atoms. The van der Waals surface area contributed by atoms with Crippen molar-refractivity contribution in [2.24, 2.45) is 0 Å². The molecule has 2 aliphatic rings. The molecule has 0 aliphatic carbocycles. The summed E-state index contributed by atoms with van der Waals surface area (Å²) >= 11 is 0. The summed E-state index contributed by atoms with van der Waals surface area (Å²) in [6.45, 7) is 6.25. The van der Waals surface area contributed by atoms with Gasteiger partial charge in [0.15, 0.2) is 11.6 Å². The van der Waals surface area contributed by atoms with Crippen molar-refractivity contribution >= 4 is 10.0 Å². The van der Waals surface area contributed by atoms with Crippen molar-refractivity contribution in [3.05, 3.63) is 42.5 Å². The van der Waals surface area contributed by atoms with Crippen LogP contribution in [0.1, 0.15) is 25.7 Å². The molecule has 7 heteroatoms. The van der Waals surface area contributed by atoms with Crippen molar-refractivity contribution in [2.75, 3.05) is 26.2 Å². The van der Waals surface area contributed by atoms with Gasteiger partial charge in [-0.3, -0.25) is 4.90 Å². The number of sulfonamides is 1. The molecule has 0 radical (unpaired) electrons. The standard InChI is InChI=1S/C17H22F2N2O2S/c1-2-9-20-10-3-7-17(20)8-4-11-21(13-17)24(22,23)14-5-6-15(18)16(19)12-14/h2,5-6,12H,1,3-4,7-11,13H2. The van der Waals surface area contributed by atoms with Crippen molar-refractivity contribution in [1.29, 1.82) is 0 Å². The summed E-state index contributed by atoms with van der Waals surface area (Å²) < 4.78 is 53.7. The largest absolute Gasteiger partial charge is 0.293 e. The second kappa shape index (κ2) is 6.54. The van der Waals surface area contributed by atoms with Crippen LogP contribution in [0.3, 0.4) is 0 Å². The van der Waals surface area contributed by atoms with Gasteiger partial charge in [0.05, 0.1) is 4.90 Å². The third-order valence-corrected chi connectivity index (χ3v) is 6.98. The molecule has 4 nitrogen and oxygen atoms in total. The van der Waals surface area contributed by atoms with Gasteiger partial charge in [0.25, 0.3) is 0 Å². The summed E-state index contributed by atoms with van der Waals surface area (Å²) in [5, 5.41) is 0. The van der Waals surface area contributed by atoms with Crippen LogP contribution in [-0.2, 0) is 10.0 Å². The lowest BCUT2D eigenvalue weighted by Gasteiger charge is -2.45. The molecular weight excluding hydrogens is 334 g/mol. The Bertz CT molecular complexity index is 738. The Balaban J connectivity index is 1.88. The lowest BCUT2D eigenvalue weighted by atomic mass is 9.87. The minimum atomic E-state index is -3.83. The topological polar surface area (TPSA) is 40.6 Å². The van der Waals surface area contributed by atoms with E-state index in [-0.39, 0.29) is 10.4 Å². The molecule has 2 fully saturated rings. The second-order valence-electron chi connectivity index (χ2n) is 6.58. The summed E-state index contributed by atoms with van der Waals surface area (Å²) in [6, 6.07) is 2.76. The van der Waals surface area contributed by atoms with E-state index in [0.717, 1.165) is 57.0 Å². The van der Waals surface area contributed by atoms with Crippen LogP contribution < -0.4 is 0 Å². The van der Waals surface area contributed by atoms with Crippen LogP contribution in [0, 0.1) is 11.6 Å². The van der Waals surface area contributed by atoms with Gasteiger partial charge >= 0.3 is 0 Å². The molecule has 24 heavy (non-hydrogen) atoms. The zero-order valence-electron chi connectivity index (χ0n) is 13.5. The maximum absolute atomic E-state index is 13.5. The average molecular weight is 356 g/mol. The molecule has 3 rings (SSSR count). The van der Waals surface area contributed by atoms with Crippen LogP contribution in [0.5, 0.6) is 0 Å². The van der Waals surface area contributed by atoms with Crippen LogP contribution in [0.25, 0.3) is 0 Å². The Labute approximate surface area is 141 Å². The molecule has 2 saturated heterocycles. The van der Waals surface area contributed by atoms with Crippen LogP contribution in [0.2, 0.25) is 0 Å².